The topological polar surface area (TPSA) is 23.5 Å². The fraction of sp³-hybridized carbons (Fsp3) is 1.00. The van der Waals surface area contributed by atoms with Gasteiger partial charge in [0.15, 0.2) is 0 Å². The van der Waals surface area contributed by atoms with E-state index in [0.29, 0.717) is 17.8 Å². The Morgan fingerprint density at radius 2 is 2.00 bits per heavy atom. The van der Waals surface area contributed by atoms with Crippen LogP contribution in [0.5, 0.6) is 0 Å². The number of rotatable bonds is 0. The predicted molar refractivity (Wildman–Crippen MR) is 53.5 cm³/mol. The lowest BCUT2D eigenvalue weighted by Gasteiger charge is -2.45. The van der Waals surface area contributed by atoms with Gasteiger partial charge in [-0.25, -0.2) is 0 Å². The molecule has 1 aliphatic heterocycles. The van der Waals surface area contributed by atoms with Crippen molar-refractivity contribution in [2.75, 3.05) is 20.1 Å². The summed E-state index contributed by atoms with van der Waals surface area (Å²) in [5.41, 5.74) is -0.341. The second-order valence-corrected chi connectivity index (χ2v) is 5.24. The molecule has 0 radical (unpaired) electrons. The van der Waals surface area contributed by atoms with Gasteiger partial charge in [-0.05, 0) is 31.7 Å². The lowest BCUT2D eigenvalue weighted by Crippen LogP contribution is -2.54. The Hall–Kier alpha value is -0.0800. The van der Waals surface area contributed by atoms with Crippen LogP contribution < -0.4 is 0 Å². The third-order valence-corrected chi connectivity index (χ3v) is 4.28. The molecule has 1 heterocycles. The van der Waals surface area contributed by atoms with Gasteiger partial charge in [0.05, 0.1) is 5.60 Å². The zero-order valence-corrected chi connectivity index (χ0v) is 8.95. The van der Waals surface area contributed by atoms with Crippen molar-refractivity contribution in [3.63, 3.8) is 0 Å². The molecule has 2 heteroatoms. The summed E-state index contributed by atoms with van der Waals surface area (Å²) in [4.78, 5) is 2.37. The third-order valence-electron chi connectivity index (χ3n) is 4.28. The van der Waals surface area contributed by atoms with Crippen LogP contribution in [-0.2, 0) is 0 Å². The SMILES string of the molecule is C[C@@H]1CN(C)C[C@@H]2[C@@H](C)CC[C@]12O. The van der Waals surface area contributed by atoms with Gasteiger partial charge in [0, 0.05) is 19.0 Å². The van der Waals surface area contributed by atoms with E-state index < -0.39 is 0 Å². The van der Waals surface area contributed by atoms with Gasteiger partial charge in [0.1, 0.15) is 0 Å². The Bertz CT molecular complexity index is 206. The predicted octanol–water partition coefficient (Wildman–Crippen LogP) is 1.35. The van der Waals surface area contributed by atoms with Crippen LogP contribution in [0.1, 0.15) is 26.7 Å². The molecule has 1 N–H and O–H groups in total. The van der Waals surface area contributed by atoms with E-state index in [9.17, 15) is 5.11 Å². The molecule has 4 atom stereocenters. The molecule has 0 amide bonds. The van der Waals surface area contributed by atoms with Crippen LogP contribution >= 0.6 is 0 Å². The second-order valence-electron chi connectivity index (χ2n) is 5.24. The van der Waals surface area contributed by atoms with Gasteiger partial charge in [-0.3, -0.25) is 0 Å². The lowest BCUT2D eigenvalue weighted by molar-refractivity contribution is -0.0961. The highest BCUT2D eigenvalue weighted by atomic mass is 16.3. The van der Waals surface area contributed by atoms with Crippen molar-refractivity contribution < 1.29 is 5.11 Å². The minimum atomic E-state index is -0.341. The average molecular weight is 183 g/mol. The molecule has 0 aromatic carbocycles. The quantitative estimate of drug-likeness (QED) is 0.612. The third kappa shape index (κ3) is 1.31. The number of fused-ring (bicyclic) bond motifs is 1. The summed E-state index contributed by atoms with van der Waals surface area (Å²) in [7, 11) is 2.17. The molecule has 0 unspecified atom stereocenters. The van der Waals surface area contributed by atoms with Crippen molar-refractivity contribution in [3.05, 3.63) is 0 Å². The minimum Gasteiger partial charge on any atom is -0.389 e. The molecule has 1 saturated heterocycles. The fourth-order valence-corrected chi connectivity index (χ4v) is 3.32. The van der Waals surface area contributed by atoms with Crippen molar-refractivity contribution in [3.8, 4) is 0 Å². The summed E-state index contributed by atoms with van der Waals surface area (Å²) in [6.45, 7) is 6.62. The molecular weight excluding hydrogens is 162 g/mol. The van der Waals surface area contributed by atoms with Crippen molar-refractivity contribution in [2.24, 2.45) is 17.8 Å². The van der Waals surface area contributed by atoms with Crippen molar-refractivity contribution in [1.29, 1.82) is 0 Å². The number of hydrogen-bond acceptors (Lipinski definition) is 2. The second kappa shape index (κ2) is 2.96. The highest BCUT2D eigenvalue weighted by Gasteiger charge is 2.51. The summed E-state index contributed by atoms with van der Waals surface area (Å²) < 4.78 is 0. The van der Waals surface area contributed by atoms with Crippen LogP contribution in [0.3, 0.4) is 0 Å². The molecule has 13 heavy (non-hydrogen) atoms. The zero-order chi connectivity index (χ0) is 9.64. The zero-order valence-electron chi connectivity index (χ0n) is 8.95. The van der Waals surface area contributed by atoms with E-state index in [1.807, 2.05) is 0 Å². The maximum absolute atomic E-state index is 10.5. The average Bonchev–Trinajstić information content (AvgIpc) is 2.33. The fourth-order valence-electron chi connectivity index (χ4n) is 3.32. The summed E-state index contributed by atoms with van der Waals surface area (Å²) in [5.74, 6) is 1.66. The van der Waals surface area contributed by atoms with Crippen LogP contribution in [0.25, 0.3) is 0 Å². The van der Waals surface area contributed by atoms with Crippen molar-refractivity contribution >= 4 is 0 Å². The van der Waals surface area contributed by atoms with E-state index >= 15 is 0 Å². The smallest absolute Gasteiger partial charge is 0.0728 e. The molecule has 0 aromatic rings. The Labute approximate surface area is 80.9 Å². The van der Waals surface area contributed by atoms with Crippen LogP contribution in [0.4, 0.5) is 0 Å². The first kappa shape index (κ1) is 9.47. The maximum Gasteiger partial charge on any atom is 0.0728 e. The van der Waals surface area contributed by atoms with Crippen LogP contribution in [-0.4, -0.2) is 35.7 Å². The molecular formula is C11H21NO. The van der Waals surface area contributed by atoms with E-state index in [4.69, 9.17) is 0 Å². The van der Waals surface area contributed by atoms with Gasteiger partial charge >= 0.3 is 0 Å². The highest BCUT2D eigenvalue weighted by Crippen LogP contribution is 2.47. The van der Waals surface area contributed by atoms with Crippen LogP contribution in [0, 0.1) is 17.8 Å². The molecule has 0 spiro atoms. The minimum absolute atomic E-state index is 0.341. The highest BCUT2D eigenvalue weighted by molar-refractivity contribution is 5.03. The Balaban J connectivity index is 2.21. The van der Waals surface area contributed by atoms with Gasteiger partial charge in [-0.2, -0.15) is 0 Å². The first-order chi connectivity index (χ1) is 6.04. The van der Waals surface area contributed by atoms with E-state index in [0.717, 1.165) is 19.5 Å². The Morgan fingerprint density at radius 1 is 1.31 bits per heavy atom. The number of hydrogen-bond donors (Lipinski definition) is 1. The Kier molecular flexibility index (Phi) is 2.16. The molecule has 1 saturated carbocycles. The van der Waals surface area contributed by atoms with Crippen LogP contribution in [0.15, 0.2) is 0 Å². The summed E-state index contributed by atoms with van der Waals surface area (Å²) in [5, 5.41) is 10.5. The number of nitrogens with zero attached hydrogens (tertiary/aromatic N) is 1. The number of aliphatic hydroxyl groups is 1. The summed E-state index contributed by atoms with van der Waals surface area (Å²) >= 11 is 0. The van der Waals surface area contributed by atoms with E-state index in [1.165, 1.54) is 6.42 Å². The standard InChI is InChI=1S/C11H21NO/c1-8-4-5-11(13)9(2)6-12(3)7-10(8)11/h8-10,13H,4-7H2,1-3H3/t8-,9+,10+,11-/m0/s1. The summed E-state index contributed by atoms with van der Waals surface area (Å²) in [6.07, 6.45) is 2.23. The number of piperidine rings is 1. The van der Waals surface area contributed by atoms with Crippen molar-refractivity contribution in [2.45, 2.75) is 32.3 Å². The number of likely N-dealkylation sites (tertiary alicyclic amines) is 1. The largest absolute Gasteiger partial charge is 0.389 e. The molecule has 2 fully saturated rings. The molecule has 2 nitrogen and oxygen atoms in total. The summed E-state index contributed by atoms with van der Waals surface area (Å²) in [6, 6.07) is 0. The van der Waals surface area contributed by atoms with Crippen molar-refractivity contribution in [1.82, 2.24) is 4.90 Å². The first-order valence-corrected chi connectivity index (χ1v) is 5.45. The molecule has 2 rings (SSSR count). The Morgan fingerprint density at radius 3 is 2.69 bits per heavy atom. The van der Waals surface area contributed by atoms with Gasteiger partial charge in [-0.1, -0.05) is 13.8 Å². The van der Waals surface area contributed by atoms with Gasteiger partial charge in [0.25, 0.3) is 0 Å². The van der Waals surface area contributed by atoms with Gasteiger partial charge < -0.3 is 10.0 Å². The lowest BCUT2D eigenvalue weighted by atomic mass is 9.74. The first-order valence-electron chi connectivity index (χ1n) is 5.45. The molecule has 0 bridgehead atoms. The molecule has 76 valence electrons. The normalized spacial score (nSPS) is 52.2. The van der Waals surface area contributed by atoms with E-state index in [2.05, 4.69) is 25.8 Å². The van der Waals surface area contributed by atoms with Crippen LogP contribution in [0.2, 0.25) is 0 Å². The van der Waals surface area contributed by atoms with Gasteiger partial charge in [-0.15, -0.1) is 0 Å². The monoisotopic (exact) mass is 183 g/mol. The molecule has 1 aliphatic carbocycles. The van der Waals surface area contributed by atoms with E-state index in [-0.39, 0.29) is 5.60 Å². The molecule has 2 aliphatic rings. The van der Waals surface area contributed by atoms with Gasteiger partial charge in [0.2, 0.25) is 0 Å². The van der Waals surface area contributed by atoms with E-state index in [1.54, 1.807) is 0 Å². The molecule has 0 aromatic heterocycles. The maximum atomic E-state index is 10.5.